The van der Waals surface area contributed by atoms with E-state index in [4.69, 9.17) is 0 Å². The molecule has 2 atom stereocenters. The number of hydrogen-bond acceptors (Lipinski definition) is 2. The van der Waals surface area contributed by atoms with E-state index in [1.54, 1.807) is 12.1 Å². The summed E-state index contributed by atoms with van der Waals surface area (Å²) < 4.78 is 30.4. The molecule has 1 heterocycles. The largest absolute Gasteiger partial charge is 0.349 e. The minimum Gasteiger partial charge on any atom is -0.349 e. The Morgan fingerprint density at radius 2 is 0.837 bits per heavy atom. The van der Waals surface area contributed by atoms with Crippen LogP contribution < -0.4 is 42.0 Å². The second-order valence-corrected chi connectivity index (χ2v) is 20.7. The maximum atomic E-state index is 15.2. The van der Waals surface area contributed by atoms with Crippen molar-refractivity contribution in [3.05, 3.63) is 155 Å². The highest BCUT2D eigenvalue weighted by molar-refractivity contribution is 7.96. The summed E-state index contributed by atoms with van der Waals surface area (Å²) in [5.41, 5.74) is 8.69. The molecule has 2 nitrogen and oxygen atoms in total. The van der Waals surface area contributed by atoms with Gasteiger partial charge in [0.25, 0.3) is 0 Å². The van der Waals surface area contributed by atoms with Crippen LogP contribution in [0.3, 0.4) is 0 Å². The lowest BCUT2D eigenvalue weighted by Gasteiger charge is -2.34. The van der Waals surface area contributed by atoms with Crippen molar-refractivity contribution in [3.63, 3.8) is 0 Å². The van der Waals surface area contributed by atoms with Crippen molar-refractivity contribution in [2.24, 2.45) is 0 Å². The van der Waals surface area contributed by atoms with Gasteiger partial charge in [0.05, 0.1) is 36.1 Å². The molecular formula is C43H42F2N2P2+2. The van der Waals surface area contributed by atoms with Crippen LogP contribution in [0.5, 0.6) is 0 Å². The van der Waals surface area contributed by atoms with Gasteiger partial charge in [-0.2, -0.15) is 0 Å². The van der Waals surface area contributed by atoms with Crippen LogP contribution in [0.1, 0.15) is 22.3 Å². The fraction of sp³-hybridized carbons (Fsp3) is 0.163. The van der Waals surface area contributed by atoms with Crippen molar-refractivity contribution in [2.45, 2.75) is 27.7 Å². The molecule has 0 aromatic heterocycles. The first-order valence-electron chi connectivity index (χ1n) is 16.6. The number of benzene rings is 6. The monoisotopic (exact) mass is 686 g/mol. The molecule has 1 aliphatic rings. The topological polar surface area (TPSA) is 15.3 Å². The molecule has 1 N–H and O–H groups in total. The molecule has 0 spiro atoms. The first-order chi connectivity index (χ1) is 23.4. The molecule has 0 bridgehead atoms. The third-order valence-corrected chi connectivity index (χ3v) is 18.1. The Morgan fingerprint density at radius 1 is 0.469 bits per heavy atom. The molecule has 49 heavy (non-hydrogen) atoms. The Balaban J connectivity index is 1.68. The Bertz CT molecular complexity index is 2090. The number of anilines is 4. The van der Waals surface area contributed by atoms with Gasteiger partial charge >= 0.3 is 0 Å². The lowest BCUT2D eigenvalue weighted by Crippen LogP contribution is -2.38. The normalized spacial score (nSPS) is 18.6. The number of nitrogens with one attached hydrogen (secondary N) is 1. The van der Waals surface area contributed by atoms with Crippen molar-refractivity contribution in [1.29, 1.82) is 0 Å². The Hall–Kier alpha value is -4.36. The van der Waals surface area contributed by atoms with Gasteiger partial charge in [0.1, 0.15) is 58.0 Å². The number of halogens is 2. The standard InChI is InChI=1S/C43H42F2N2P2/c1-28-14-18-40-36(22-28)46-37-23-29(2)15-19-41(37)49(7,35-13-9-11-33(45)27-35)43-21-17-31(4)25-39(43)47(5)38-24-30(3)16-20-42(38)48(40,6)34-12-8-10-32(44)26-34/h8-27,46H,1-7H3/q+2. The lowest BCUT2D eigenvalue weighted by molar-refractivity contribution is 0.628. The number of hydrogen-bond donors (Lipinski definition) is 1. The van der Waals surface area contributed by atoms with E-state index in [-0.39, 0.29) is 11.6 Å². The van der Waals surface area contributed by atoms with Crippen LogP contribution in [0.4, 0.5) is 31.5 Å². The zero-order valence-corrected chi connectivity index (χ0v) is 30.9. The van der Waals surface area contributed by atoms with E-state index in [2.05, 4.69) is 143 Å². The Kier molecular flexibility index (Phi) is 8.46. The summed E-state index contributed by atoms with van der Waals surface area (Å²) in [6.45, 7) is 13.1. The van der Waals surface area contributed by atoms with Crippen molar-refractivity contribution < 1.29 is 8.78 Å². The van der Waals surface area contributed by atoms with E-state index in [9.17, 15) is 0 Å². The van der Waals surface area contributed by atoms with Gasteiger partial charge in [-0.3, -0.25) is 0 Å². The van der Waals surface area contributed by atoms with E-state index in [0.717, 1.165) is 66.2 Å². The first-order valence-corrected chi connectivity index (χ1v) is 21.1. The molecule has 0 saturated heterocycles. The van der Waals surface area contributed by atoms with Crippen molar-refractivity contribution >= 4 is 69.1 Å². The molecule has 1 aliphatic heterocycles. The summed E-state index contributed by atoms with van der Waals surface area (Å²) in [6, 6.07) is 41.0. The van der Waals surface area contributed by atoms with Crippen molar-refractivity contribution in [1.82, 2.24) is 0 Å². The van der Waals surface area contributed by atoms with Gasteiger partial charge in [-0.25, -0.2) is 8.78 Å². The molecule has 0 radical (unpaired) electrons. The van der Waals surface area contributed by atoms with E-state index >= 15 is 8.78 Å². The maximum Gasteiger partial charge on any atom is 0.128 e. The fourth-order valence-electron chi connectivity index (χ4n) is 7.44. The van der Waals surface area contributed by atoms with Crippen LogP contribution in [-0.4, -0.2) is 20.4 Å². The van der Waals surface area contributed by atoms with Crippen LogP contribution in [0.25, 0.3) is 0 Å². The second kappa shape index (κ2) is 12.5. The molecule has 6 heteroatoms. The van der Waals surface area contributed by atoms with Gasteiger partial charge in [-0.1, -0.05) is 36.4 Å². The average molecular weight is 687 g/mol. The summed E-state index contributed by atoms with van der Waals surface area (Å²) in [6.07, 6.45) is 0. The highest BCUT2D eigenvalue weighted by Gasteiger charge is 2.49. The van der Waals surface area contributed by atoms with Crippen LogP contribution in [0.2, 0.25) is 0 Å². The first kappa shape index (κ1) is 33.2. The molecule has 6 aromatic carbocycles. The number of nitrogens with zero attached hydrogens (tertiary/aromatic N) is 1. The molecule has 7 rings (SSSR count). The highest BCUT2D eigenvalue weighted by atomic mass is 31.2. The minimum absolute atomic E-state index is 0.244. The SMILES string of the molecule is Cc1ccc2c(c1)Nc1cc(C)ccc1[P+](C)(c1cccc(F)c1)c1ccc(C)cc1N(C)c1cc(C)ccc1[P+]2(C)c1cccc(F)c1. The zero-order chi connectivity index (χ0) is 34.7. The van der Waals surface area contributed by atoms with Crippen LogP contribution in [0.15, 0.2) is 121 Å². The van der Waals surface area contributed by atoms with Gasteiger partial charge in [0.15, 0.2) is 0 Å². The predicted octanol–water partition coefficient (Wildman–Crippen LogP) is 8.87. The quantitative estimate of drug-likeness (QED) is 0.183. The number of fused-ring (bicyclic) bond motifs is 4. The maximum absolute atomic E-state index is 15.2. The summed E-state index contributed by atoms with van der Waals surface area (Å²) >= 11 is 0. The molecule has 2 unspecified atom stereocenters. The van der Waals surface area contributed by atoms with Gasteiger partial charge in [0.2, 0.25) is 0 Å². The van der Waals surface area contributed by atoms with E-state index in [1.807, 2.05) is 12.1 Å². The van der Waals surface area contributed by atoms with Gasteiger partial charge in [-0.05, 0) is 123 Å². The van der Waals surface area contributed by atoms with E-state index in [0.29, 0.717) is 0 Å². The number of rotatable bonds is 2. The lowest BCUT2D eigenvalue weighted by atomic mass is 10.1. The molecule has 0 saturated carbocycles. The van der Waals surface area contributed by atoms with Crippen LogP contribution in [0, 0.1) is 39.3 Å². The molecular weight excluding hydrogens is 644 g/mol. The van der Waals surface area contributed by atoms with Crippen LogP contribution in [-0.2, 0) is 0 Å². The Morgan fingerprint density at radius 3 is 1.22 bits per heavy atom. The zero-order valence-electron chi connectivity index (χ0n) is 29.1. The van der Waals surface area contributed by atoms with E-state index in [1.165, 1.54) is 22.7 Å². The molecule has 0 aliphatic carbocycles. The van der Waals surface area contributed by atoms with Gasteiger partial charge < -0.3 is 10.2 Å². The van der Waals surface area contributed by atoms with Gasteiger partial charge in [0, 0.05) is 19.2 Å². The molecule has 6 aromatic rings. The molecule has 0 fully saturated rings. The number of aryl methyl sites for hydroxylation is 4. The second-order valence-electron chi connectivity index (χ2n) is 13.7. The third-order valence-electron chi connectivity index (χ3n) is 10.1. The molecule has 246 valence electrons. The van der Waals surface area contributed by atoms with Crippen molar-refractivity contribution in [2.75, 3.05) is 30.6 Å². The average Bonchev–Trinajstić information content (AvgIpc) is 3.07. The van der Waals surface area contributed by atoms with Gasteiger partial charge in [-0.15, -0.1) is 0 Å². The molecule has 0 amide bonds. The van der Waals surface area contributed by atoms with Crippen LogP contribution >= 0.6 is 14.5 Å². The van der Waals surface area contributed by atoms with Crippen molar-refractivity contribution in [3.8, 4) is 0 Å². The summed E-state index contributed by atoms with van der Waals surface area (Å²) in [4.78, 5) is 2.33. The fourth-order valence-corrected chi connectivity index (χ4v) is 14.6. The highest BCUT2D eigenvalue weighted by Crippen LogP contribution is 2.59. The summed E-state index contributed by atoms with van der Waals surface area (Å²) in [5, 5.41) is 10.5. The van der Waals surface area contributed by atoms with E-state index < -0.39 is 14.5 Å². The minimum atomic E-state index is -2.48. The third kappa shape index (κ3) is 5.66. The summed E-state index contributed by atoms with van der Waals surface area (Å²) in [7, 11) is -2.81. The predicted molar refractivity (Wildman–Crippen MR) is 212 cm³/mol. The summed E-state index contributed by atoms with van der Waals surface area (Å²) in [5.74, 6) is -0.489. The smallest absolute Gasteiger partial charge is 0.128 e. The Labute approximate surface area is 290 Å².